The van der Waals surface area contributed by atoms with Crippen LogP contribution in [0.25, 0.3) is 11.0 Å². The Balaban J connectivity index is 0.00000169. The fourth-order valence-corrected chi connectivity index (χ4v) is 3.52. The van der Waals surface area contributed by atoms with Crippen molar-refractivity contribution in [3.05, 3.63) is 30.1 Å². The normalized spacial score (nSPS) is 27.3. The van der Waals surface area contributed by atoms with Crippen LogP contribution in [0, 0.1) is 5.92 Å². The Labute approximate surface area is 146 Å². The molecule has 0 bridgehead atoms. The molecule has 0 aliphatic carbocycles. The van der Waals surface area contributed by atoms with E-state index in [9.17, 15) is 4.79 Å². The molecule has 2 saturated heterocycles. The van der Waals surface area contributed by atoms with Crippen molar-refractivity contribution in [1.82, 2.24) is 31.5 Å². The molecule has 4 atom stereocenters. The number of benzene rings is 1. The Bertz CT molecular complexity index is 686. The third-order valence-corrected chi connectivity index (χ3v) is 4.84. The van der Waals surface area contributed by atoms with Gasteiger partial charge in [0.2, 0.25) is 5.91 Å². The second-order valence-corrected chi connectivity index (χ2v) is 6.40. The minimum Gasteiger partial charge on any atom is -0.345 e. The average molecular weight is 351 g/mol. The maximum absolute atomic E-state index is 12.6. The number of amides is 1. The first-order valence-electron chi connectivity index (χ1n) is 8.19. The van der Waals surface area contributed by atoms with Gasteiger partial charge in [0, 0.05) is 18.5 Å². The first-order valence-corrected chi connectivity index (χ1v) is 8.19. The zero-order valence-electron chi connectivity index (χ0n) is 13.5. The molecule has 5 N–H and O–H groups in total. The predicted octanol–water partition coefficient (Wildman–Crippen LogP) is 0.616. The number of piperidine rings is 1. The molecular formula is C16H23ClN6O. The van der Waals surface area contributed by atoms with Crippen LogP contribution in [0.5, 0.6) is 0 Å². The number of H-pyrrole nitrogens is 1. The molecule has 0 spiro atoms. The number of nitrogens with one attached hydrogen (secondary N) is 5. The lowest BCUT2D eigenvalue weighted by Crippen LogP contribution is -2.49. The Morgan fingerprint density at radius 2 is 2.17 bits per heavy atom. The number of aromatic nitrogens is 2. The number of carbonyl (C=O) groups excluding carboxylic acids is 1. The summed E-state index contributed by atoms with van der Waals surface area (Å²) in [6.07, 6.45) is 1.04. The highest BCUT2D eigenvalue weighted by molar-refractivity contribution is 5.85. The number of aromatic amines is 1. The van der Waals surface area contributed by atoms with E-state index in [1.165, 1.54) is 0 Å². The molecule has 1 aromatic heterocycles. The topological polar surface area (TPSA) is 93.9 Å². The van der Waals surface area contributed by atoms with Gasteiger partial charge in [-0.1, -0.05) is 12.1 Å². The summed E-state index contributed by atoms with van der Waals surface area (Å²) in [5.74, 6) is 1.08. The fraction of sp³-hybridized carbons (Fsp3) is 0.500. The van der Waals surface area contributed by atoms with E-state index in [4.69, 9.17) is 0 Å². The lowest BCUT2D eigenvalue weighted by molar-refractivity contribution is -0.124. The summed E-state index contributed by atoms with van der Waals surface area (Å²) in [6.45, 7) is 3.82. The third-order valence-electron chi connectivity index (χ3n) is 4.84. The molecule has 4 rings (SSSR count). The quantitative estimate of drug-likeness (QED) is 0.559. The molecule has 2 fully saturated rings. The van der Waals surface area contributed by atoms with Crippen LogP contribution in [-0.4, -0.2) is 41.0 Å². The highest BCUT2D eigenvalue weighted by Crippen LogP contribution is 2.21. The molecule has 2 aliphatic rings. The molecule has 1 aromatic carbocycles. The first kappa shape index (κ1) is 17.2. The molecule has 7 nitrogen and oxygen atoms in total. The standard InChI is InChI=1S/C16H22N6O.ClH/c1-9(15-19-12-4-2-3-5-13(12)20-15)18-16(23)14-10-8-17-7-6-11(10)21-22-14;/h2-5,9-11,14,17,21-22H,6-8H2,1H3,(H,18,23)(H,19,20);1H. The van der Waals surface area contributed by atoms with Gasteiger partial charge >= 0.3 is 0 Å². The van der Waals surface area contributed by atoms with Crippen molar-refractivity contribution in [3.8, 4) is 0 Å². The van der Waals surface area contributed by atoms with Gasteiger partial charge in [-0.3, -0.25) is 10.2 Å². The summed E-state index contributed by atoms with van der Waals surface area (Å²) in [6, 6.07) is 7.88. The number of rotatable bonds is 3. The number of fused-ring (bicyclic) bond motifs is 2. The maximum Gasteiger partial charge on any atom is 0.239 e. The molecule has 0 radical (unpaired) electrons. The van der Waals surface area contributed by atoms with Gasteiger partial charge in [0.25, 0.3) is 0 Å². The van der Waals surface area contributed by atoms with Gasteiger partial charge in [0.15, 0.2) is 0 Å². The highest BCUT2D eigenvalue weighted by atomic mass is 35.5. The zero-order valence-corrected chi connectivity index (χ0v) is 14.3. The summed E-state index contributed by atoms with van der Waals surface area (Å²) >= 11 is 0. The first-order chi connectivity index (χ1) is 11.2. The van der Waals surface area contributed by atoms with Crippen molar-refractivity contribution >= 4 is 29.3 Å². The van der Waals surface area contributed by atoms with E-state index >= 15 is 0 Å². The fourth-order valence-electron chi connectivity index (χ4n) is 3.52. The number of hydrogen-bond donors (Lipinski definition) is 5. The zero-order chi connectivity index (χ0) is 15.8. The largest absolute Gasteiger partial charge is 0.345 e. The van der Waals surface area contributed by atoms with Gasteiger partial charge in [0.1, 0.15) is 11.9 Å². The molecule has 0 saturated carbocycles. The maximum atomic E-state index is 12.6. The SMILES string of the molecule is CC(NC(=O)C1NNC2CCNCC21)c1nc2ccccc2[nH]1.Cl. The van der Waals surface area contributed by atoms with Crippen LogP contribution in [0.4, 0.5) is 0 Å². The van der Waals surface area contributed by atoms with Crippen molar-refractivity contribution in [3.63, 3.8) is 0 Å². The molecule has 2 aliphatic heterocycles. The average Bonchev–Trinajstić information content (AvgIpc) is 3.18. The van der Waals surface area contributed by atoms with Crippen LogP contribution in [0.1, 0.15) is 25.2 Å². The Morgan fingerprint density at radius 1 is 1.33 bits per heavy atom. The third kappa shape index (κ3) is 3.12. The Hall–Kier alpha value is -1.67. The van der Waals surface area contributed by atoms with Gasteiger partial charge in [-0.25, -0.2) is 10.4 Å². The Kier molecular flexibility index (Phi) is 5.05. The number of carbonyl (C=O) groups is 1. The van der Waals surface area contributed by atoms with Crippen molar-refractivity contribution < 1.29 is 4.79 Å². The van der Waals surface area contributed by atoms with Gasteiger partial charge in [-0.2, -0.15) is 0 Å². The molecule has 8 heteroatoms. The van der Waals surface area contributed by atoms with Crippen LogP contribution in [0.15, 0.2) is 24.3 Å². The van der Waals surface area contributed by atoms with Crippen molar-refractivity contribution in [1.29, 1.82) is 0 Å². The number of para-hydroxylation sites is 2. The van der Waals surface area contributed by atoms with E-state index in [-0.39, 0.29) is 36.3 Å². The summed E-state index contributed by atoms with van der Waals surface area (Å²) in [5.41, 5.74) is 8.30. The van der Waals surface area contributed by atoms with E-state index in [0.29, 0.717) is 6.04 Å². The van der Waals surface area contributed by atoms with Crippen LogP contribution in [-0.2, 0) is 4.79 Å². The monoisotopic (exact) mass is 350 g/mol. The molecule has 1 amide bonds. The van der Waals surface area contributed by atoms with E-state index in [1.54, 1.807) is 0 Å². The molecular weight excluding hydrogens is 328 g/mol. The summed E-state index contributed by atoms with van der Waals surface area (Å²) in [5, 5.41) is 6.43. The number of halogens is 1. The molecule has 4 unspecified atom stereocenters. The smallest absolute Gasteiger partial charge is 0.239 e. The Morgan fingerprint density at radius 3 is 3.00 bits per heavy atom. The molecule has 2 aromatic rings. The van der Waals surface area contributed by atoms with E-state index in [2.05, 4.69) is 31.5 Å². The molecule has 3 heterocycles. The van der Waals surface area contributed by atoms with Crippen LogP contribution >= 0.6 is 12.4 Å². The van der Waals surface area contributed by atoms with Crippen molar-refractivity contribution in [2.75, 3.05) is 13.1 Å². The highest BCUT2D eigenvalue weighted by Gasteiger charge is 2.41. The second kappa shape index (κ2) is 7.06. The second-order valence-electron chi connectivity index (χ2n) is 6.40. The lowest BCUT2D eigenvalue weighted by Gasteiger charge is -2.27. The summed E-state index contributed by atoms with van der Waals surface area (Å²) in [7, 11) is 0. The van der Waals surface area contributed by atoms with Crippen LogP contribution < -0.4 is 21.5 Å². The van der Waals surface area contributed by atoms with E-state index in [1.807, 2.05) is 31.2 Å². The van der Waals surface area contributed by atoms with Gasteiger partial charge in [-0.05, 0) is 32.0 Å². The summed E-state index contributed by atoms with van der Waals surface area (Å²) in [4.78, 5) is 20.4. The number of imidazole rings is 1. The number of hydrazine groups is 1. The number of nitrogens with zero attached hydrogens (tertiary/aromatic N) is 1. The van der Waals surface area contributed by atoms with E-state index in [0.717, 1.165) is 36.4 Å². The summed E-state index contributed by atoms with van der Waals surface area (Å²) < 4.78 is 0. The van der Waals surface area contributed by atoms with Crippen LogP contribution in [0.3, 0.4) is 0 Å². The minimum absolute atomic E-state index is 0. The minimum atomic E-state index is -0.209. The van der Waals surface area contributed by atoms with Gasteiger partial charge in [0.05, 0.1) is 17.1 Å². The van der Waals surface area contributed by atoms with E-state index < -0.39 is 0 Å². The lowest BCUT2D eigenvalue weighted by atomic mass is 9.89. The van der Waals surface area contributed by atoms with Crippen molar-refractivity contribution in [2.45, 2.75) is 31.5 Å². The van der Waals surface area contributed by atoms with Gasteiger partial charge < -0.3 is 15.6 Å². The van der Waals surface area contributed by atoms with Crippen LogP contribution in [0.2, 0.25) is 0 Å². The van der Waals surface area contributed by atoms with Crippen molar-refractivity contribution in [2.24, 2.45) is 5.92 Å². The number of hydrogen-bond acceptors (Lipinski definition) is 5. The molecule has 130 valence electrons. The molecule has 24 heavy (non-hydrogen) atoms. The van der Waals surface area contributed by atoms with Gasteiger partial charge in [-0.15, -0.1) is 12.4 Å². The predicted molar refractivity (Wildman–Crippen MR) is 94.7 cm³/mol.